The van der Waals surface area contributed by atoms with Crippen LogP contribution in [0.3, 0.4) is 0 Å². The monoisotopic (exact) mass is 327 g/mol. The Kier molecular flexibility index (Phi) is 2.84. The van der Waals surface area contributed by atoms with Crippen molar-refractivity contribution in [1.82, 2.24) is 0 Å². The van der Waals surface area contributed by atoms with Crippen LogP contribution in [0, 0.1) is 18.8 Å². The Balaban J connectivity index is 1.59. The normalized spacial score (nSPS) is 37.7. The lowest BCUT2D eigenvalue weighted by Gasteiger charge is -2.32. The minimum atomic E-state index is -0.990. The largest absolute Gasteiger partial charge is 0.357 e. The van der Waals surface area contributed by atoms with Gasteiger partial charge in [0, 0.05) is 0 Å². The Labute approximate surface area is 139 Å². The highest BCUT2D eigenvalue weighted by Crippen LogP contribution is 2.55. The van der Waals surface area contributed by atoms with E-state index in [4.69, 9.17) is 14.2 Å². The van der Waals surface area contributed by atoms with Crippen LogP contribution in [-0.4, -0.2) is 43.0 Å². The first-order valence-corrected chi connectivity index (χ1v) is 8.17. The van der Waals surface area contributed by atoms with E-state index >= 15 is 0 Å². The van der Waals surface area contributed by atoms with Crippen molar-refractivity contribution < 1.29 is 23.8 Å². The molecule has 0 N–H and O–H groups in total. The summed E-state index contributed by atoms with van der Waals surface area (Å²) >= 11 is 0. The summed E-state index contributed by atoms with van der Waals surface area (Å²) in [5.41, 5.74) is 0.545. The van der Waals surface area contributed by atoms with E-state index in [1.165, 1.54) is 4.90 Å². The molecule has 0 aromatic heterocycles. The highest BCUT2D eigenvalue weighted by Gasteiger charge is 2.71. The molecule has 6 nitrogen and oxygen atoms in total. The van der Waals surface area contributed by atoms with Crippen molar-refractivity contribution in [2.45, 2.75) is 24.9 Å². The maximum Gasteiger partial charge on any atom is 0.241 e. The number of nitrogens with zero attached hydrogens (tertiary/aromatic N) is 1. The minimum absolute atomic E-state index is 0.200. The van der Waals surface area contributed by atoms with Crippen molar-refractivity contribution in [3.8, 4) is 0 Å². The predicted molar refractivity (Wildman–Crippen MR) is 83.1 cm³/mol. The minimum Gasteiger partial charge on any atom is -0.357 e. The molecule has 1 aromatic rings. The number of benzene rings is 1. The van der Waals surface area contributed by atoms with Gasteiger partial charge in [-0.15, -0.1) is 0 Å². The number of anilines is 1. The van der Waals surface area contributed by atoms with Gasteiger partial charge in [-0.1, -0.05) is 24.3 Å². The van der Waals surface area contributed by atoms with E-state index in [1.807, 2.05) is 37.3 Å². The number of rotatable bonds is 2. The van der Waals surface area contributed by atoms with Crippen LogP contribution in [0.2, 0.25) is 0 Å². The zero-order chi connectivity index (χ0) is 16.5. The lowest BCUT2D eigenvalue weighted by molar-refractivity contribution is -0.180. The van der Waals surface area contributed by atoms with Gasteiger partial charge < -0.3 is 14.2 Å². The number of carbonyl (C=O) groups is 2. The standard InChI is InChI=1S/C18H17NO5/c1-10-4-2-3-5-11(10)19-15(20)13-12-6-7-18(24-12,14(13)16(19)21)17-22-8-9-23-17/h2-7,12-14,17H,8-9H2,1H3/t12-,13+,14-,18-/m1/s1. The Morgan fingerprint density at radius 1 is 1.12 bits per heavy atom. The molecule has 0 unspecified atom stereocenters. The second-order valence-electron chi connectivity index (χ2n) is 6.67. The van der Waals surface area contributed by atoms with Gasteiger partial charge in [0.05, 0.1) is 36.8 Å². The number of ether oxygens (including phenoxy) is 3. The zero-order valence-corrected chi connectivity index (χ0v) is 13.2. The fourth-order valence-corrected chi connectivity index (χ4v) is 4.38. The molecule has 4 atom stereocenters. The molecule has 124 valence electrons. The molecule has 2 bridgehead atoms. The lowest BCUT2D eigenvalue weighted by atomic mass is 9.76. The average Bonchev–Trinajstić information content (AvgIpc) is 3.33. The third-order valence-corrected chi connectivity index (χ3v) is 5.42. The highest BCUT2D eigenvalue weighted by molar-refractivity contribution is 6.23. The molecule has 1 aromatic carbocycles. The molecule has 4 heterocycles. The lowest BCUT2D eigenvalue weighted by Crippen LogP contribution is -2.49. The molecule has 0 saturated carbocycles. The first-order valence-electron chi connectivity index (χ1n) is 8.17. The van der Waals surface area contributed by atoms with Gasteiger partial charge in [0.2, 0.25) is 11.8 Å². The number of amides is 2. The van der Waals surface area contributed by atoms with Gasteiger partial charge in [-0.05, 0) is 24.6 Å². The fraction of sp³-hybridized carbons (Fsp3) is 0.444. The summed E-state index contributed by atoms with van der Waals surface area (Å²) in [5, 5.41) is 0. The molecular formula is C18H17NO5. The summed E-state index contributed by atoms with van der Waals surface area (Å²) in [5.74, 6) is -1.53. The molecule has 0 aliphatic carbocycles. The fourth-order valence-electron chi connectivity index (χ4n) is 4.38. The molecule has 24 heavy (non-hydrogen) atoms. The second kappa shape index (κ2) is 4.75. The summed E-state index contributed by atoms with van der Waals surface area (Å²) < 4.78 is 17.3. The van der Waals surface area contributed by atoms with Crippen LogP contribution >= 0.6 is 0 Å². The van der Waals surface area contributed by atoms with Crippen molar-refractivity contribution in [1.29, 1.82) is 0 Å². The molecule has 3 fully saturated rings. The number of hydrogen-bond donors (Lipinski definition) is 0. The maximum absolute atomic E-state index is 13.2. The Morgan fingerprint density at radius 2 is 1.88 bits per heavy atom. The number of fused-ring (bicyclic) bond motifs is 5. The van der Waals surface area contributed by atoms with E-state index in [0.29, 0.717) is 18.9 Å². The summed E-state index contributed by atoms with van der Waals surface area (Å²) in [7, 11) is 0. The smallest absolute Gasteiger partial charge is 0.241 e. The van der Waals surface area contributed by atoms with E-state index in [-0.39, 0.29) is 11.8 Å². The second-order valence-corrected chi connectivity index (χ2v) is 6.67. The van der Waals surface area contributed by atoms with Crippen molar-refractivity contribution in [2.24, 2.45) is 11.8 Å². The number of aryl methyl sites for hydroxylation is 1. The first kappa shape index (κ1) is 14.3. The van der Waals surface area contributed by atoms with Gasteiger partial charge in [-0.25, -0.2) is 4.90 Å². The summed E-state index contributed by atoms with van der Waals surface area (Å²) in [6.45, 7) is 2.83. The van der Waals surface area contributed by atoms with Gasteiger partial charge in [0.1, 0.15) is 0 Å². The average molecular weight is 327 g/mol. The Morgan fingerprint density at radius 3 is 2.62 bits per heavy atom. The predicted octanol–water partition coefficient (Wildman–Crippen LogP) is 1.18. The van der Waals surface area contributed by atoms with Gasteiger partial charge in [-0.2, -0.15) is 0 Å². The maximum atomic E-state index is 13.2. The molecule has 6 heteroatoms. The van der Waals surface area contributed by atoms with Gasteiger partial charge in [-0.3, -0.25) is 9.59 Å². The van der Waals surface area contributed by atoms with Crippen LogP contribution in [0.25, 0.3) is 0 Å². The van der Waals surface area contributed by atoms with Gasteiger partial charge >= 0.3 is 0 Å². The SMILES string of the molecule is Cc1ccccc1N1C(=O)[C@H]2[C@H]3C=C[C@@](C4OCCO4)(O3)[C@H]2C1=O. The van der Waals surface area contributed by atoms with Crippen molar-refractivity contribution in [3.63, 3.8) is 0 Å². The number of para-hydroxylation sites is 1. The Bertz CT molecular complexity index is 768. The van der Waals surface area contributed by atoms with Crippen molar-refractivity contribution >= 4 is 17.5 Å². The molecule has 3 saturated heterocycles. The van der Waals surface area contributed by atoms with Crippen LogP contribution in [-0.2, 0) is 23.8 Å². The molecule has 5 rings (SSSR count). The van der Waals surface area contributed by atoms with Crippen LogP contribution < -0.4 is 4.90 Å². The first-order chi connectivity index (χ1) is 11.6. The van der Waals surface area contributed by atoms with Gasteiger partial charge in [0.25, 0.3) is 0 Å². The third-order valence-electron chi connectivity index (χ3n) is 5.42. The van der Waals surface area contributed by atoms with Crippen LogP contribution in [0.4, 0.5) is 5.69 Å². The van der Waals surface area contributed by atoms with E-state index in [0.717, 1.165) is 5.56 Å². The quantitative estimate of drug-likeness (QED) is 0.603. The Hall–Kier alpha value is -2.02. The van der Waals surface area contributed by atoms with Crippen LogP contribution in [0.1, 0.15) is 5.56 Å². The van der Waals surface area contributed by atoms with E-state index in [9.17, 15) is 9.59 Å². The summed E-state index contributed by atoms with van der Waals surface area (Å²) in [6.07, 6.45) is 2.68. The summed E-state index contributed by atoms with van der Waals surface area (Å²) in [6, 6.07) is 7.42. The highest BCUT2D eigenvalue weighted by atomic mass is 16.7. The molecular weight excluding hydrogens is 310 g/mol. The molecule has 0 spiro atoms. The molecule has 2 amide bonds. The van der Waals surface area contributed by atoms with E-state index < -0.39 is 29.8 Å². The van der Waals surface area contributed by atoms with Crippen molar-refractivity contribution in [2.75, 3.05) is 18.1 Å². The van der Waals surface area contributed by atoms with Crippen LogP contribution in [0.15, 0.2) is 36.4 Å². The number of imide groups is 1. The van der Waals surface area contributed by atoms with Crippen LogP contribution in [0.5, 0.6) is 0 Å². The molecule has 4 aliphatic heterocycles. The third kappa shape index (κ3) is 1.60. The summed E-state index contributed by atoms with van der Waals surface area (Å²) in [4.78, 5) is 27.5. The zero-order valence-electron chi connectivity index (χ0n) is 13.2. The van der Waals surface area contributed by atoms with E-state index in [2.05, 4.69) is 0 Å². The topological polar surface area (TPSA) is 65.1 Å². The number of hydrogen-bond acceptors (Lipinski definition) is 5. The molecule has 4 aliphatic rings. The van der Waals surface area contributed by atoms with Gasteiger partial charge in [0.15, 0.2) is 11.9 Å². The van der Waals surface area contributed by atoms with Crippen molar-refractivity contribution in [3.05, 3.63) is 42.0 Å². The molecule has 0 radical (unpaired) electrons. The van der Waals surface area contributed by atoms with E-state index in [1.54, 1.807) is 6.07 Å². The number of carbonyl (C=O) groups excluding carboxylic acids is 2.